The van der Waals surface area contributed by atoms with Gasteiger partial charge in [-0.1, -0.05) is 97.7 Å². The quantitative estimate of drug-likeness (QED) is 0.0695. The lowest BCUT2D eigenvalue weighted by molar-refractivity contribution is -0.141. The molecular weight excluding hydrogens is 987 g/mol. The van der Waals surface area contributed by atoms with E-state index in [4.69, 9.17) is 17.2 Å². The highest BCUT2D eigenvalue weighted by atomic mass is 33.1. The zero-order chi connectivity index (χ0) is 54.4. The molecule has 73 heavy (non-hydrogen) atoms. The molecule has 2 aromatic carbocycles. The number of carbonyl (C=O) groups is 11. The van der Waals surface area contributed by atoms with Gasteiger partial charge in [0.1, 0.15) is 42.0 Å². The van der Waals surface area contributed by atoms with Gasteiger partial charge in [-0.2, -0.15) is 0 Å². The highest BCUT2D eigenvalue weighted by molar-refractivity contribution is 8.76. The Morgan fingerprint density at radius 1 is 0.753 bits per heavy atom. The minimum atomic E-state index is -1.77. The van der Waals surface area contributed by atoms with Crippen LogP contribution in [0.3, 0.4) is 0 Å². The minimum Gasteiger partial charge on any atom is -0.508 e. The van der Waals surface area contributed by atoms with Crippen LogP contribution in [0, 0.1) is 18.8 Å². The number of carbonyl (C=O) groups excluding carboxylic acids is 11. The fourth-order valence-corrected chi connectivity index (χ4v) is 9.46. The van der Waals surface area contributed by atoms with E-state index in [2.05, 4.69) is 37.2 Å². The van der Waals surface area contributed by atoms with Crippen LogP contribution in [0.1, 0.15) is 82.9 Å². The molecule has 14 N–H and O–H groups in total. The summed E-state index contributed by atoms with van der Waals surface area (Å²) in [4.78, 5) is 149. The van der Waals surface area contributed by atoms with Crippen molar-refractivity contribution in [2.24, 2.45) is 29.0 Å². The Morgan fingerprint density at radius 3 is 1.97 bits per heavy atom. The average Bonchev–Trinajstić information content (AvgIpc) is 3.32. The summed E-state index contributed by atoms with van der Waals surface area (Å²) in [6.45, 7) is 7.58. The number of benzene rings is 2. The number of phenols is 1. The number of amides is 11. The SMILES string of the molecule is CC[C@H](C)[C@@H]1NC(=O)[C@H](Cc2ccc(O)cc2)NC(=O)CCSSC[C@@H](C(=O)N(CC(=O)N[C@@H](CC(C)C)C(=O)NCC(N)=O)Cc2ccc(C)cc2)NC(=O)[C@H](CC(N)=O)NC(=O)[C@H](CCC(N)=O)NC1=O. The van der Waals surface area contributed by atoms with Crippen LogP contribution >= 0.6 is 21.6 Å². The van der Waals surface area contributed by atoms with Gasteiger partial charge >= 0.3 is 0 Å². The smallest absolute Gasteiger partial charge is 0.246 e. The van der Waals surface area contributed by atoms with Crippen LogP contribution in [0.5, 0.6) is 5.75 Å². The molecule has 0 bridgehead atoms. The first kappa shape index (κ1) is 60.4. The second-order valence-electron chi connectivity index (χ2n) is 18.2. The third-order valence-electron chi connectivity index (χ3n) is 11.5. The molecule has 1 fully saturated rings. The molecule has 1 saturated heterocycles. The zero-order valence-electron chi connectivity index (χ0n) is 41.7. The molecule has 0 radical (unpaired) electrons. The van der Waals surface area contributed by atoms with Crippen molar-refractivity contribution >= 4 is 86.6 Å². The van der Waals surface area contributed by atoms with Crippen LogP contribution in [-0.2, 0) is 65.7 Å². The number of aromatic hydroxyl groups is 1. The fraction of sp³-hybridized carbons (Fsp3) is 0.521. The summed E-state index contributed by atoms with van der Waals surface area (Å²) in [5.41, 5.74) is 18.2. The van der Waals surface area contributed by atoms with E-state index in [0.717, 1.165) is 32.1 Å². The summed E-state index contributed by atoms with van der Waals surface area (Å²) in [5, 5.41) is 27.9. The number of nitrogens with two attached hydrogens (primary N) is 3. The molecule has 11 amide bonds. The number of rotatable bonds is 20. The zero-order valence-corrected chi connectivity index (χ0v) is 43.3. The summed E-state index contributed by atoms with van der Waals surface area (Å²) in [5.74, 6) is -10.1. The molecule has 1 aliphatic rings. The van der Waals surface area contributed by atoms with E-state index in [1.54, 1.807) is 50.2 Å². The lowest BCUT2D eigenvalue weighted by Crippen LogP contribution is -2.61. The largest absolute Gasteiger partial charge is 0.508 e. The number of phenolic OH excluding ortho intramolecular Hbond substituents is 1. The molecule has 25 heteroatoms. The number of aryl methyl sites for hydroxylation is 1. The fourth-order valence-electron chi connectivity index (χ4n) is 7.32. The van der Waals surface area contributed by atoms with Gasteiger partial charge in [-0.25, -0.2) is 0 Å². The van der Waals surface area contributed by atoms with Gasteiger partial charge in [-0.05, 0) is 54.9 Å². The van der Waals surface area contributed by atoms with Gasteiger partial charge in [-0.15, -0.1) is 0 Å². The Hall–Kier alpha value is -6.89. The summed E-state index contributed by atoms with van der Waals surface area (Å²) in [7, 11) is 2.20. The molecular formula is C48H69N11O12S2. The van der Waals surface area contributed by atoms with E-state index in [1.165, 1.54) is 12.1 Å². The summed E-state index contributed by atoms with van der Waals surface area (Å²) < 4.78 is 0. The Kier molecular flexibility index (Phi) is 25.0. The van der Waals surface area contributed by atoms with Gasteiger partial charge in [0, 0.05) is 37.3 Å². The third-order valence-corrected chi connectivity index (χ3v) is 13.9. The van der Waals surface area contributed by atoms with Crippen molar-refractivity contribution in [3.63, 3.8) is 0 Å². The molecule has 0 aliphatic carbocycles. The van der Waals surface area contributed by atoms with Crippen molar-refractivity contribution < 1.29 is 57.8 Å². The molecule has 23 nitrogen and oxygen atoms in total. The highest BCUT2D eigenvalue weighted by Gasteiger charge is 2.36. The number of hydrogen-bond acceptors (Lipinski definition) is 14. The lowest BCUT2D eigenvalue weighted by Gasteiger charge is -2.30. The lowest BCUT2D eigenvalue weighted by atomic mass is 9.96. The maximum Gasteiger partial charge on any atom is 0.246 e. The predicted octanol–water partition coefficient (Wildman–Crippen LogP) is -1.20. The molecule has 2 aromatic rings. The van der Waals surface area contributed by atoms with Gasteiger partial charge in [-0.3, -0.25) is 52.7 Å². The van der Waals surface area contributed by atoms with E-state index in [1.807, 2.05) is 20.8 Å². The first-order chi connectivity index (χ1) is 34.4. The second kappa shape index (κ2) is 30.2. The van der Waals surface area contributed by atoms with E-state index in [0.29, 0.717) is 17.5 Å². The predicted molar refractivity (Wildman–Crippen MR) is 273 cm³/mol. The Morgan fingerprint density at radius 2 is 1.37 bits per heavy atom. The maximum atomic E-state index is 14.8. The molecule has 0 spiro atoms. The molecule has 1 heterocycles. The third kappa shape index (κ3) is 21.8. The van der Waals surface area contributed by atoms with Crippen LogP contribution in [0.15, 0.2) is 48.5 Å². The first-order valence-corrected chi connectivity index (χ1v) is 26.2. The number of hydrogen-bond donors (Lipinski definition) is 11. The standard InChI is InChI=1S/C48H69N11O12S2/c1-6-28(5)42-47(70)55-32(15-16-37(49)61)44(67)56-35(21-38(50)62)45(68)57-36(25-73-72-18-17-40(64)53-34(46(69)58-42)20-29-11-13-31(60)14-12-29)48(71)59(23-30-9-7-27(4)8-10-30)24-41(65)54-33(19-26(2)3)43(66)52-22-39(51)63/h7-14,26,28,32-36,42,60H,6,15-25H2,1-5H3,(H2,49,61)(H2,50,62)(H2,51,63)(H,52,66)(H,53,64)(H,54,65)(H,55,70)(H,56,67)(H,57,68)(H,58,69)/t28-,32-,33-,34-,35-,36-,42-/m0/s1. The van der Waals surface area contributed by atoms with E-state index >= 15 is 0 Å². The number of nitrogens with one attached hydrogen (secondary N) is 7. The van der Waals surface area contributed by atoms with Gasteiger partial charge in [0.15, 0.2) is 0 Å². The Bertz CT molecular complexity index is 2290. The van der Waals surface area contributed by atoms with Crippen molar-refractivity contribution in [3.8, 4) is 5.75 Å². The number of nitrogens with zero attached hydrogens (tertiary/aromatic N) is 1. The van der Waals surface area contributed by atoms with Crippen LogP contribution in [0.2, 0.25) is 0 Å². The van der Waals surface area contributed by atoms with Crippen molar-refractivity contribution in [2.75, 3.05) is 24.6 Å². The summed E-state index contributed by atoms with van der Waals surface area (Å²) in [6, 6.07) is 4.44. The van der Waals surface area contributed by atoms with Crippen molar-refractivity contribution in [2.45, 2.75) is 122 Å². The first-order valence-electron chi connectivity index (χ1n) is 23.8. The Labute approximate surface area is 431 Å². The van der Waals surface area contributed by atoms with Crippen LogP contribution in [0.4, 0.5) is 0 Å². The van der Waals surface area contributed by atoms with Gasteiger partial charge in [0.2, 0.25) is 65.0 Å². The second-order valence-corrected chi connectivity index (χ2v) is 20.8. The van der Waals surface area contributed by atoms with Crippen molar-refractivity contribution in [1.29, 1.82) is 0 Å². The summed E-state index contributed by atoms with van der Waals surface area (Å²) in [6.07, 6.45) is -1.33. The van der Waals surface area contributed by atoms with Crippen LogP contribution in [0.25, 0.3) is 0 Å². The van der Waals surface area contributed by atoms with Crippen molar-refractivity contribution in [1.82, 2.24) is 42.1 Å². The van der Waals surface area contributed by atoms with E-state index in [-0.39, 0.29) is 49.0 Å². The monoisotopic (exact) mass is 1060 g/mol. The molecule has 3 rings (SSSR count). The molecule has 400 valence electrons. The van der Waals surface area contributed by atoms with Gasteiger partial charge in [0.05, 0.1) is 19.5 Å². The molecule has 0 aromatic heterocycles. The highest BCUT2D eigenvalue weighted by Crippen LogP contribution is 2.24. The van der Waals surface area contributed by atoms with Crippen molar-refractivity contribution in [3.05, 3.63) is 65.2 Å². The summed E-state index contributed by atoms with van der Waals surface area (Å²) >= 11 is 0. The average molecular weight is 1060 g/mol. The Balaban J connectivity index is 2.11. The molecule has 7 atom stereocenters. The molecule has 0 saturated carbocycles. The van der Waals surface area contributed by atoms with Crippen LogP contribution in [-0.4, -0.2) is 136 Å². The van der Waals surface area contributed by atoms with E-state index in [9.17, 15) is 57.8 Å². The van der Waals surface area contributed by atoms with Gasteiger partial charge in [0.25, 0.3) is 0 Å². The van der Waals surface area contributed by atoms with Gasteiger partial charge < -0.3 is 64.4 Å². The maximum absolute atomic E-state index is 14.8. The van der Waals surface area contributed by atoms with E-state index < -0.39 is 139 Å². The normalized spacial score (nSPS) is 20.4. The number of primary amides is 3. The minimum absolute atomic E-state index is 0.0313. The molecule has 0 unspecified atom stereocenters. The molecule has 1 aliphatic heterocycles. The van der Waals surface area contributed by atoms with Crippen LogP contribution < -0.4 is 54.4 Å². The topological polar surface area (TPSA) is 374 Å².